The Morgan fingerprint density at radius 3 is 2.63 bits per heavy atom. The molecule has 3 aromatic rings. The normalized spacial score (nSPS) is 14.9. The molecule has 2 aromatic carbocycles. The second-order valence-corrected chi connectivity index (χ2v) is 6.92. The number of fused-ring (bicyclic) bond motifs is 1. The minimum Gasteiger partial charge on any atom is -0.478 e. The molecule has 0 bridgehead atoms. The van der Waals surface area contributed by atoms with Gasteiger partial charge in [0, 0.05) is 29.2 Å². The van der Waals surface area contributed by atoms with E-state index in [1.807, 2.05) is 41.1 Å². The molecule has 7 heteroatoms. The van der Waals surface area contributed by atoms with Crippen LogP contribution in [0.4, 0.5) is 5.69 Å². The van der Waals surface area contributed by atoms with Crippen LogP contribution in [0.25, 0.3) is 17.0 Å². The van der Waals surface area contributed by atoms with Gasteiger partial charge >= 0.3 is 5.97 Å². The van der Waals surface area contributed by atoms with Crippen molar-refractivity contribution in [3.05, 3.63) is 71.4 Å². The topological polar surface area (TPSA) is 98.7 Å². The van der Waals surface area contributed by atoms with Crippen LogP contribution in [0, 0.1) is 11.3 Å². The van der Waals surface area contributed by atoms with Crippen molar-refractivity contribution in [2.45, 2.75) is 19.9 Å². The number of nitriles is 1. The van der Waals surface area contributed by atoms with Crippen molar-refractivity contribution >= 4 is 40.3 Å². The quantitative estimate of drug-likeness (QED) is 0.655. The van der Waals surface area contributed by atoms with E-state index in [1.165, 1.54) is 17.1 Å². The summed E-state index contributed by atoms with van der Waals surface area (Å²) in [6.45, 7) is 2.34. The Balaban J connectivity index is 1.70. The Morgan fingerprint density at radius 2 is 1.93 bits per heavy atom. The van der Waals surface area contributed by atoms with Gasteiger partial charge in [0.2, 0.25) is 0 Å². The largest absolute Gasteiger partial charge is 0.478 e. The zero-order valence-electron chi connectivity index (χ0n) is 16.2. The fourth-order valence-electron chi connectivity index (χ4n) is 3.51. The predicted octanol–water partition coefficient (Wildman–Crippen LogP) is 4.06. The minimum atomic E-state index is -1.03. The van der Waals surface area contributed by atoms with Crippen LogP contribution in [0.2, 0.25) is 0 Å². The Hall–Kier alpha value is -4.18. The minimum absolute atomic E-state index is 0.145. The van der Waals surface area contributed by atoms with E-state index in [1.54, 1.807) is 19.1 Å². The summed E-state index contributed by atoms with van der Waals surface area (Å²) in [6.07, 6.45) is 4.16. The molecular formula is C23H18N4O3. The summed E-state index contributed by atoms with van der Waals surface area (Å²) >= 11 is 0. The summed E-state index contributed by atoms with van der Waals surface area (Å²) in [4.78, 5) is 24.1. The fourth-order valence-corrected chi connectivity index (χ4v) is 3.51. The third-order valence-corrected chi connectivity index (χ3v) is 5.01. The first-order valence-corrected chi connectivity index (χ1v) is 9.39. The van der Waals surface area contributed by atoms with E-state index < -0.39 is 5.97 Å². The molecule has 30 heavy (non-hydrogen) atoms. The van der Waals surface area contributed by atoms with Crippen molar-refractivity contribution in [3.63, 3.8) is 0 Å². The van der Waals surface area contributed by atoms with Gasteiger partial charge in [-0.05, 0) is 43.3 Å². The third kappa shape index (κ3) is 3.35. The Kier molecular flexibility index (Phi) is 4.90. The number of amides is 1. The number of aryl methyl sites for hydroxylation is 1. The fraction of sp³-hybridized carbons (Fsp3) is 0.130. The number of anilines is 1. The first-order chi connectivity index (χ1) is 14.5. The maximum absolute atomic E-state index is 13.0. The molecule has 0 fully saturated rings. The molecule has 0 saturated carbocycles. The maximum Gasteiger partial charge on any atom is 0.335 e. The second-order valence-electron chi connectivity index (χ2n) is 6.92. The van der Waals surface area contributed by atoms with E-state index in [4.69, 9.17) is 10.4 Å². The maximum atomic E-state index is 13.0. The van der Waals surface area contributed by atoms with Crippen molar-refractivity contribution in [2.24, 2.45) is 5.10 Å². The first kappa shape index (κ1) is 19.2. The van der Waals surface area contributed by atoms with Crippen LogP contribution in [0.5, 0.6) is 0 Å². The number of rotatable bonds is 5. The highest BCUT2D eigenvalue weighted by molar-refractivity contribution is 6.32. The monoisotopic (exact) mass is 398 g/mol. The van der Waals surface area contributed by atoms with Crippen molar-refractivity contribution in [1.29, 1.82) is 5.26 Å². The zero-order chi connectivity index (χ0) is 21.3. The van der Waals surface area contributed by atoms with Gasteiger partial charge in [0.15, 0.2) is 0 Å². The number of carbonyl (C=O) groups is 2. The van der Waals surface area contributed by atoms with E-state index >= 15 is 0 Å². The van der Waals surface area contributed by atoms with E-state index in [2.05, 4.69) is 11.2 Å². The molecule has 1 aromatic heterocycles. The summed E-state index contributed by atoms with van der Waals surface area (Å²) in [5.74, 6) is -1.30. The molecular weight excluding hydrogens is 380 g/mol. The number of benzene rings is 2. The smallest absolute Gasteiger partial charge is 0.335 e. The number of carboxylic acids is 1. The van der Waals surface area contributed by atoms with Gasteiger partial charge in [-0.3, -0.25) is 4.79 Å². The highest BCUT2D eigenvalue weighted by atomic mass is 16.4. The summed E-state index contributed by atoms with van der Waals surface area (Å²) in [6, 6.07) is 16.0. The van der Waals surface area contributed by atoms with Gasteiger partial charge in [0.1, 0.15) is 0 Å². The number of carbonyl (C=O) groups excluding carboxylic acids is 1. The lowest BCUT2D eigenvalue weighted by atomic mass is 10.1. The Bertz CT molecular complexity index is 1260. The van der Waals surface area contributed by atoms with Crippen molar-refractivity contribution in [3.8, 4) is 6.07 Å². The van der Waals surface area contributed by atoms with Gasteiger partial charge in [0.25, 0.3) is 5.91 Å². The molecule has 2 heterocycles. The van der Waals surface area contributed by atoms with Gasteiger partial charge in [-0.15, -0.1) is 0 Å². The number of aromatic carboxylic acids is 1. The average Bonchev–Trinajstić information content (AvgIpc) is 3.25. The molecule has 0 radical (unpaired) electrons. The van der Waals surface area contributed by atoms with Crippen LogP contribution in [0.15, 0.2) is 65.4 Å². The lowest BCUT2D eigenvalue weighted by Gasteiger charge is -2.11. The summed E-state index contributed by atoms with van der Waals surface area (Å²) < 4.78 is 2.01. The lowest BCUT2D eigenvalue weighted by Crippen LogP contribution is -2.21. The number of hydrogen-bond donors (Lipinski definition) is 1. The van der Waals surface area contributed by atoms with Crippen molar-refractivity contribution in [2.75, 3.05) is 5.01 Å². The number of hydrazone groups is 1. The van der Waals surface area contributed by atoms with Crippen LogP contribution in [-0.4, -0.2) is 27.3 Å². The van der Waals surface area contributed by atoms with Crippen LogP contribution < -0.4 is 5.01 Å². The summed E-state index contributed by atoms with van der Waals surface area (Å²) in [5.41, 5.74) is 3.58. The molecule has 7 nitrogen and oxygen atoms in total. The molecule has 1 aliphatic rings. The second kappa shape index (κ2) is 7.68. The lowest BCUT2D eigenvalue weighted by molar-refractivity contribution is -0.114. The Labute approximate surface area is 172 Å². The van der Waals surface area contributed by atoms with Crippen LogP contribution in [-0.2, 0) is 11.3 Å². The highest BCUT2D eigenvalue weighted by Gasteiger charge is 2.29. The first-order valence-electron chi connectivity index (χ1n) is 9.39. The van der Waals surface area contributed by atoms with Crippen LogP contribution in [0.1, 0.15) is 29.3 Å². The summed E-state index contributed by atoms with van der Waals surface area (Å²) in [7, 11) is 0. The van der Waals surface area contributed by atoms with Gasteiger partial charge in [-0.25, -0.2) is 4.79 Å². The van der Waals surface area contributed by atoms with Crippen molar-refractivity contribution < 1.29 is 14.7 Å². The Morgan fingerprint density at radius 1 is 1.20 bits per heavy atom. The molecule has 1 amide bonds. The molecule has 0 saturated heterocycles. The zero-order valence-corrected chi connectivity index (χ0v) is 16.2. The molecule has 0 unspecified atom stereocenters. The van der Waals surface area contributed by atoms with Gasteiger partial charge in [-0.2, -0.15) is 15.4 Å². The van der Waals surface area contributed by atoms with E-state index in [0.29, 0.717) is 29.9 Å². The highest BCUT2D eigenvalue weighted by Crippen LogP contribution is 2.28. The van der Waals surface area contributed by atoms with Crippen molar-refractivity contribution in [1.82, 2.24) is 4.57 Å². The number of para-hydroxylation sites is 1. The van der Waals surface area contributed by atoms with Gasteiger partial charge < -0.3 is 9.67 Å². The number of aromatic nitrogens is 1. The predicted molar refractivity (Wildman–Crippen MR) is 114 cm³/mol. The van der Waals surface area contributed by atoms with Crippen LogP contribution >= 0.6 is 0 Å². The number of hydrogen-bond acceptors (Lipinski definition) is 4. The van der Waals surface area contributed by atoms with E-state index in [0.717, 1.165) is 16.5 Å². The third-order valence-electron chi connectivity index (χ3n) is 5.01. The molecule has 1 aliphatic heterocycles. The van der Waals surface area contributed by atoms with Gasteiger partial charge in [0.05, 0.1) is 35.0 Å². The molecule has 0 aliphatic carbocycles. The molecule has 4 rings (SSSR count). The summed E-state index contributed by atoms with van der Waals surface area (Å²) in [5, 5.41) is 24.6. The van der Waals surface area contributed by atoms with E-state index in [9.17, 15) is 9.59 Å². The molecule has 1 N–H and O–H groups in total. The SMILES string of the molecule is CC1=NN(c2ccc(C(=O)O)cc2)C(=O)C1=Cc1cn(CCC#N)c2ccccc12. The molecule has 0 spiro atoms. The number of carboxylic acid groups (broad SMARTS) is 1. The standard InChI is InChI=1S/C23H18N4O3/c1-15-20(22(28)27(25-15)18-9-7-16(8-10-18)23(29)30)13-17-14-26(12-4-11-24)21-6-3-2-5-19(17)21/h2-3,5-10,13-14H,4,12H2,1H3,(H,29,30). The van der Waals surface area contributed by atoms with Crippen LogP contribution in [0.3, 0.4) is 0 Å². The van der Waals surface area contributed by atoms with Gasteiger partial charge in [-0.1, -0.05) is 18.2 Å². The number of nitrogens with zero attached hydrogens (tertiary/aromatic N) is 4. The molecule has 148 valence electrons. The van der Waals surface area contributed by atoms with E-state index in [-0.39, 0.29) is 11.5 Å². The molecule has 0 atom stereocenters. The average molecular weight is 398 g/mol.